The van der Waals surface area contributed by atoms with E-state index in [9.17, 15) is 9.18 Å². The maximum atomic E-state index is 13.7. The Hall–Kier alpha value is -4.46. The average Bonchev–Trinajstić information content (AvgIpc) is 3.34. The van der Waals surface area contributed by atoms with E-state index in [1.165, 1.54) is 12.1 Å². The summed E-state index contributed by atoms with van der Waals surface area (Å²) >= 11 is 0. The first-order chi connectivity index (χ1) is 17.8. The molecule has 1 aliphatic rings. The highest BCUT2D eigenvalue weighted by atomic mass is 19.1. The van der Waals surface area contributed by atoms with E-state index in [1.807, 2.05) is 70.2 Å². The topological polar surface area (TPSA) is 80.5 Å². The number of hydrogen-bond donors (Lipinski definition) is 1. The predicted molar refractivity (Wildman–Crippen MR) is 140 cm³/mol. The molecule has 2 heterocycles. The van der Waals surface area contributed by atoms with Crippen LogP contribution in [0.4, 0.5) is 14.9 Å². The van der Waals surface area contributed by atoms with Gasteiger partial charge in [0, 0.05) is 11.3 Å². The molecule has 8 heteroatoms. The SMILES string of the molecule is CCOc1ccc(-c2noc(C3=C(C)N(c4cc(C)cc(C)c4)C(=O)NC3c3ccc(F)cc3)n2)cc1. The number of urea groups is 1. The number of carbonyl (C=O) groups is 1. The molecular weight excluding hydrogens is 471 g/mol. The van der Waals surface area contributed by atoms with E-state index in [2.05, 4.69) is 15.5 Å². The van der Waals surface area contributed by atoms with Crippen LogP contribution in [0.5, 0.6) is 5.75 Å². The highest BCUT2D eigenvalue weighted by Gasteiger charge is 2.36. The van der Waals surface area contributed by atoms with Gasteiger partial charge in [0.1, 0.15) is 11.6 Å². The van der Waals surface area contributed by atoms with Gasteiger partial charge in [-0.05, 0) is 92.9 Å². The van der Waals surface area contributed by atoms with Gasteiger partial charge in [-0.15, -0.1) is 0 Å². The van der Waals surface area contributed by atoms with E-state index in [0.29, 0.717) is 29.3 Å². The number of aryl methyl sites for hydroxylation is 2. The minimum Gasteiger partial charge on any atom is -0.494 e. The van der Waals surface area contributed by atoms with Crippen molar-refractivity contribution in [3.63, 3.8) is 0 Å². The maximum absolute atomic E-state index is 13.7. The third-order valence-electron chi connectivity index (χ3n) is 6.23. The first-order valence-corrected chi connectivity index (χ1v) is 12.1. The van der Waals surface area contributed by atoms with Crippen LogP contribution >= 0.6 is 0 Å². The molecule has 0 radical (unpaired) electrons. The monoisotopic (exact) mass is 498 g/mol. The Morgan fingerprint density at radius 2 is 1.68 bits per heavy atom. The Labute approximate surface area is 214 Å². The van der Waals surface area contributed by atoms with Crippen molar-refractivity contribution in [2.75, 3.05) is 11.5 Å². The third-order valence-corrected chi connectivity index (χ3v) is 6.23. The Bertz CT molecular complexity index is 1460. The Morgan fingerprint density at radius 3 is 2.32 bits per heavy atom. The van der Waals surface area contributed by atoms with Crippen molar-refractivity contribution in [1.29, 1.82) is 0 Å². The van der Waals surface area contributed by atoms with Crippen molar-refractivity contribution in [3.8, 4) is 17.1 Å². The lowest BCUT2D eigenvalue weighted by molar-refractivity contribution is 0.244. The van der Waals surface area contributed by atoms with Crippen LogP contribution in [0.2, 0.25) is 0 Å². The van der Waals surface area contributed by atoms with Crippen LogP contribution in [0, 0.1) is 19.7 Å². The molecule has 1 N–H and O–H groups in total. The number of allylic oxidation sites excluding steroid dienone is 1. The molecule has 3 aromatic carbocycles. The van der Waals surface area contributed by atoms with E-state index in [4.69, 9.17) is 9.26 Å². The molecular formula is C29H27FN4O3. The second kappa shape index (κ2) is 9.89. The van der Waals surface area contributed by atoms with Crippen LogP contribution in [0.1, 0.15) is 42.5 Å². The summed E-state index contributed by atoms with van der Waals surface area (Å²) in [6, 6.07) is 18.5. The zero-order chi connectivity index (χ0) is 26.1. The van der Waals surface area contributed by atoms with Gasteiger partial charge in [0.25, 0.3) is 5.89 Å². The fourth-order valence-corrected chi connectivity index (χ4v) is 4.63. The maximum Gasteiger partial charge on any atom is 0.326 e. The minimum absolute atomic E-state index is 0.269. The van der Waals surface area contributed by atoms with E-state index in [-0.39, 0.29) is 17.7 Å². The summed E-state index contributed by atoms with van der Waals surface area (Å²) in [6.45, 7) is 8.33. The Kier molecular flexibility index (Phi) is 6.48. The molecule has 0 bridgehead atoms. The summed E-state index contributed by atoms with van der Waals surface area (Å²) in [7, 11) is 0. The molecule has 2 amide bonds. The predicted octanol–water partition coefficient (Wildman–Crippen LogP) is 6.59. The summed E-state index contributed by atoms with van der Waals surface area (Å²) in [4.78, 5) is 19.7. The number of aromatic nitrogens is 2. The van der Waals surface area contributed by atoms with E-state index in [1.54, 1.807) is 17.0 Å². The van der Waals surface area contributed by atoms with Gasteiger partial charge in [0.2, 0.25) is 5.82 Å². The molecule has 0 saturated carbocycles. The second-order valence-corrected chi connectivity index (χ2v) is 8.99. The number of amides is 2. The summed E-state index contributed by atoms with van der Waals surface area (Å²) in [5.74, 6) is 1.07. The van der Waals surface area contributed by atoms with E-state index >= 15 is 0 Å². The molecule has 188 valence electrons. The van der Waals surface area contributed by atoms with Crippen molar-refractivity contribution in [2.24, 2.45) is 0 Å². The van der Waals surface area contributed by atoms with Gasteiger partial charge in [-0.3, -0.25) is 4.90 Å². The molecule has 0 spiro atoms. The molecule has 0 fully saturated rings. The molecule has 0 aliphatic carbocycles. The number of rotatable bonds is 6. The van der Waals surface area contributed by atoms with Gasteiger partial charge < -0.3 is 14.6 Å². The van der Waals surface area contributed by atoms with E-state index in [0.717, 1.165) is 28.1 Å². The molecule has 1 aliphatic heterocycles. The van der Waals surface area contributed by atoms with Crippen LogP contribution < -0.4 is 15.0 Å². The lowest BCUT2D eigenvalue weighted by Crippen LogP contribution is -2.46. The summed E-state index contributed by atoms with van der Waals surface area (Å²) in [5, 5.41) is 7.26. The third kappa shape index (κ3) is 4.82. The molecule has 4 aromatic rings. The van der Waals surface area contributed by atoms with Gasteiger partial charge in [0.15, 0.2) is 0 Å². The van der Waals surface area contributed by atoms with Gasteiger partial charge >= 0.3 is 6.03 Å². The molecule has 5 rings (SSSR count). The number of benzene rings is 3. The van der Waals surface area contributed by atoms with Crippen molar-refractivity contribution < 1.29 is 18.4 Å². The zero-order valence-electron chi connectivity index (χ0n) is 21.1. The first-order valence-electron chi connectivity index (χ1n) is 12.1. The van der Waals surface area contributed by atoms with Crippen LogP contribution in [-0.4, -0.2) is 22.8 Å². The fourth-order valence-electron chi connectivity index (χ4n) is 4.63. The molecule has 1 unspecified atom stereocenters. The van der Waals surface area contributed by atoms with Crippen LogP contribution in [0.15, 0.2) is 77.0 Å². The lowest BCUT2D eigenvalue weighted by Gasteiger charge is -2.35. The van der Waals surface area contributed by atoms with Crippen molar-refractivity contribution >= 4 is 17.3 Å². The van der Waals surface area contributed by atoms with Crippen LogP contribution in [0.25, 0.3) is 17.0 Å². The average molecular weight is 499 g/mol. The van der Waals surface area contributed by atoms with Crippen molar-refractivity contribution in [3.05, 3.63) is 101 Å². The highest BCUT2D eigenvalue weighted by Crippen LogP contribution is 2.39. The highest BCUT2D eigenvalue weighted by molar-refractivity contribution is 6.01. The van der Waals surface area contributed by atoms with Crippen LogP contribution in [-0.2, 0) is 0 Å². The molecule has 0 saturated heterocycles. The largest absolute Gasteiger partial charge is 0.494 e. The van der Waals surface area contributed by atoms with Crippen LogP contribution in [0.3, 0.4) is 0 Å². The number of hydrogen-bond acceptors (Lipinski definition) is 5. The second-order valence-electron chi connectivity index (χ2n) is 8.99. The number of halogens is 1. The zero-order valence-corrected chi connectivity index (χ0v) is 21.1. The lowest BCUT2D eigenvalue weighted by atomic mass is 9.94. The van der Waals surface area contributed by atoms with E-state index < -0.39 is 6.04 Å². The molecule has 37 heavy (non-hydrogen) atoms. The number of nitrogens with one attached hydrogen (secondary N) is 1. The summed E-state index contributed by atoms with van der Waals surface area (Å²) < 4.78 is 25.0. The standard InChI is InChI=1S/C29H27FN4O3/c1-5-36-24-12-8-21(9-13-24)27-32-28(37-33-27)25-19(4)34(23-15-17(2)14-18(3)16-23)29(35)31-26(25)20-6-10-22(30)11-7-20/h6-16,26H,5H2,1-4H3,(H,31,35). The quantitative estimate of drug-likeness (QED) is 0.324. The number of anilines is 1. The summed E-state index contributed by atoms with van der Waals surface area (Å²) in [6.07, 6.45) is 0. The minimum atomic E-state index is -0.608. The molecule has 1 atom stereocenters. The number of ether oxygens (including phenoxy) is 1. The molecule has 1 aromatic heterocycles. The normalized spacial score (nSPS) is 15.6. The number of carbonyl (C=O) groups excluding carboxylic acids is 1. The Morgan fingerprint density at radius 1 is 1.00 bits per heavy atom. The fraction of sp³-hybridized carbons (Fsp3) is 0.207. The summed E-state index contributed by atoms with van der Waals surface area (Å²) in [5.41, 5.74) is 5.54. The van der Waals surface area contributed by atoms with Gasteiger partial charge in [-0.2, -0.15) is 4.98 Å². The van der Waals surface area contributed by atoms with Gasteiger partial charge in [0.05, 0.1) is 23.9 Å². The van der Waals surface area contributed by atoms with Crippen molar-refractivity contribution in [2.45, 2.75) is 33.7 Å². The first kappa shape index (κ1) is 24.2. The Balaban J connectivity index is 1.62. The number of nitrogens with zero attached hydrogens (tertiary/aromatic N) is 3. The smallest absolute Gasteiger partial charge is 0.326 e. The van der Waals surface area contributed by atoms with Gasteiger partial charge in [-0.1, -0.05) is 23.4 Å². The van der Waals surface area contributed by atoms with Crippen molar-refractivity contribution in [1.82, 2.24) is 15.5 Å². The van der Waals surface area contributed by atoms with Gasteiger partial charge in [-0.25, -0.2) is 9.18 Å². The molecule has 7 nitrogen and oxygen atoms in total.